The molecule has 0 radical (unpaired) electrons. The minimum atomic E-state index is -3.75. The van der Waals surface area contributed by atoms with E-state index in [2.05, 4.69) is 5.32 Å². The average Bonchev–Trinajstić information content (AvgIpc) is 2.53. The molecule has 1 saturated heterocycles. The van der Waals surface area contributed by atoms with Crippen LogP contribution in [0, 0.1) is 17.0 Å². The number of nitrogens with one attached hydrogen (secondary N) is 1. The van der Waals surface area contributed by atoms with Crippen molar-refractivity contribution in [3.8, 4) is 0 Å². The summed E-state index contributed by atoms with van der Waals surface area (Å²) in [7, 11) is -3.75. The van der Waals surface area contributed by atoms with Gasteiger partial charge in [0, 0.05) is 24.7 Å². The first kappa shape index (κ1) is 20.8. The van der Waals surface area contributed by atoms with E-state index < -0.39 is 14.9 Å². The molecule has 1 aliphatic heterocycles. The fraction of sp³-hybridized carbons (Fsp3) is 0.600. The molecule has 0 amide bonds. The lowest BCUT2D eigenvalue weighted by Crippen LogP contribution is -2.46. The van der Waals surface area contributed by atoms with Crippen LogP contribution in [0.2, 0.25) is 0 Å². The number of benzene rings is 1. The first-order valence-electron chi connectivity index (χ1n) is 7.85. The highest BCUT2D eigenvalue weighted by molar-refractivity contribution is 7.89. The summed E-state index contributed by atoms with van der Waals surface area (Å²) in [4.78, 5) is 10.5. The number of aryl methyl sites for hydroxylation is 1. The van der Waals surface area contributed by atoms with Crippen molar-refractivity contribution in [1.29, 1.82) is 0 Å². The predicted molar refractivity (Wildman–Crippen MR) is 95.2 cm³/mol. The van der Waals surface area contributed by atoms with Gasteiger partial charge in [-0.25, -0.2) is 8.42 Å². The highest BCUT2D eigenvalue weighted by atomic mass is 35.5. The Balaban J connectivity index is 0.00000288. The van der Waals surface area contributed by atoms with Crippen LogP contribution in [0.1, 0.15) is 31.7 Å². The summed E-state index contributed by atoms with van der Waals surface area (Å²) >= 11 is 0. The summed E-state index contributed by atoms with van der Waals surface area (Å²) in [5, 5.41) is 14.2. The predicted octanol–water partition coefficient (Wildman–Crippen LogP) is 2.48. The fourth-order valence-corrected chi connectivity index (χ4v) is 4.94. The van der Waals surface area contributed by atoms with Crippen LogP contribution in [0.3, 0.4) is 0 Å². The molecule has 0 aromatic heterocycles. The third kappa shape index (κ3) is 4.44. The molecule has 136 valence electrons. The van der Waals surface area contributed by atoms with E-state index in [0.29, 0.717) is 18.5 Å². The number of hydrogen-bond donors (Lipinski definition) is 1. The third-order valence-electron chi connectivity index (χ3n) is 4.13. The minimum absolute atomic E-state index is 0. The molecule has 7 nitrogen and oxygen atoms in total. The van der Waals surface area contributed by atoms with Crippen molar-refractivity contribution < 1.29 is 13.3 Å². The number of sulfonamides is 1. The van der Waals surface area contributed by atoms with Crippen LogP contribution in [0.25, 0.3) is 0 Å². The van der Waals surface area contributed by atoms with E-state index in [-0.39, 0.29) is 29.0 Å². The maximum atomic E-state index is 13.1. The van der Waals surface area contributed by atoms with Crippen molar-refractivity contribution in [2.45, 2.75) is 44.0 Å². The van der Waals surface area contributed by atoms with Crippen molar-refractivity contribution >= 4 is 28.1 Å². The minimum Gasteiger partial charge on any atom is -0.317 e. The Hall–Kier alpha value is -1.22. The lowest BCUT2D eigenvalue weighted by Gasteiger charge is -2.33. The molecule has 0 spiro atoms. The van der Waals surface area contributed by atoms with E-state index in [1.807, 2.05) is 6.92 Å². The summed E-state index contributed by atoms with van der Waals surface area (Å²) in [6, 6.07) is 3.95. The zero-order valence-electron chi connectivity index (χ0n) is 13.9. The smallest absolute Gasteiger partial charge is 0.270 e. The quantitative estimate of drug-likeness (QED) is 0.607. The molecule has 1 N–H and O–H groups in total. The Morgan fingerprint density at radius 2 is 1.96 bits per heavy atom. The molecule has 0 aliphatic carbocycles. The number of nitro groups is 1. The van der Waals surface area contributed by atoms with Gasteiger partial charge in [-0.15, -0.1) is 12.4 Å². The van der Waals surface area contributed by atoms with Gasteiger partial charge in [-0.05, 0) is 44.8 Å². The topological polar surface area (TPSA) is 92.6 Å². The summed E-state index contributed by atoms with van der Waals surface area (Å²) in [6.45, 7) is 5.60. The average molecular weight is 378 g/mol. The fourth-order valence-electron chi connectivity index (χ4n) is 2.92. The van der Waals surface area contributed by atoms with Crippen molar-refractivity contribution in [1.82, 2.24) is 9.62 Å². The first-order chi connectivity index (χ1) is 10.9. The first-order valence-corrected chi connectivity index (χ1v) is 9.29. The molecule has 1 aromatic carbocycles. The van der Waals surface area contributed by atoms with E-state index in [0.717, 1.165) is 25.9 Å². The van der Waals surface area contributed by atoms with Crippen LogP contribution in [0.15, 0.2) is 23.1 Å². The summed E-state index contributed by atoms with van der Waals surface area (Å²) in [5.41, 5.74) is 0.335. The normalized spacial score (nSPS) is 16.0. The number of nitrogens with zero attached hydrogens (tertiary/aromatic N) is 2. The molecule has 1 heterocycles. The SMILES string of the molecule is CCCN(C1CCNCC1)S(=O)(=O)c1cc([N+](=O)[O-])ccc1C.Cl. The van der Waals surface area contributed by atoms with Crippen LogP contribution < -0.4 is 5.32 Å². The molecular weight excluding hydrogens is 354 g/mol. The van der Waals surface area contributed by atoms with Gasteiger partial charge < -0.3 is 5.32 Å². The van der Waals surface area contributed by atoms with E-state index in [4.69, 9.17) is 0 Å². The molecule has 0 unspecified atom stereocenters. The molecule has 2 rings (SSSR count). The number of hydrogen-bond acceptors (Lipinski definition) is 5. The Morgan fingerprint density at radius 3 is 2.50 bits per heavy atom. The van der Waals surface area contributed by atoms with Gasteiger partial charge in [0.1, 0.15) is 0 Å². The maximum absolute atomic E-state index is 13.1. The van der Waals surface area contributed by atoms with Gasteiger partial charge in [-0.1, -0.05) is 13.0 Å². The second-order valence-corrected chi connectivity index (χ2v) is 7.66. The summed E-state index contributed by atoms with van der Waals surface area (Å²) < 4.78 is 27.7. The van der Waals surface area contributed by atoms with Gasteiger partial charge in [0.15, 0.2) is 0 Å². The molecule has 1 aliphatic rings. The Kier molecular flexibility index (Phi) is 7.59. The lowest BCUT2D eigenvalue weighted by atomic mass is 10.1. The van der Waals surface area contributed by atoms with E-state index >= 15 is 0 Å². The van der Waals surface area contributed by atoms with Crippen molar-refractivity contribution in [2.24, 2.45) is 0 Å². The van der Waals surface area contributed by atoms with Crippen LogP contribution in [0.5, 0.6) is 0 Å². The van der Waals surface area contributed by atoms with E-state index in [1.54, 1.807) is 6.92 Å². The van der Waals surface area contributed by atoms with Gasteiger partial charge >= 0.3 is 0 Å². The zero-order chi connectivity index (χ0) is 17.0. The molecule has 1 aromatic rings. The standard InChI is InChI=1S/C15H23N3O4S.ClH/c1-3-10-17(13-6-8-16-9-7-13)23(21,22)15-11-14(18(19)20)5-4-12(15)2;/h4-5,11,13,16H,3,6-10H2,1-2H3;1H. The summed E-state index contributed by atoms with van der Waals surface area (Å²) in [5.74, 6) is 0. The maximum Gasteiger partial charge on any atom is 0.270 e. The van der Waals surface area contributed by atoms with Gasteiger partial charge in [0.05, 0.1) is 9.82 Å². The van der Waals surface area contributed by atoms with Crippen molar-refractivity contribution in [3.05, 3.63) is 33.9 Å². The van der Waals surface area contributed by atoms with Gasteiger partial charge in [0.2, 0.25) is 10.0 Å². The van der Waals surface area contributed by atoms with Crippen molar-refractivity contribution in [2.75, 3.05) is 19.6 Å². The van der Waals surface area contributed by atoms with E-state index in [9.17, 15) is 18.5 Å². The molecule has 9 heteroatoms. The Bertz CT molecular complexity index is 675. The van der Waals surface area contributed by atoms with Crippen LogP contribution in [-0.2, 0) is 10.0 Å². The highest BCUT2D eigenvalue weighted by Gasteiger charge is 2.33. The number of piperidine rings is 1. The molecular formula is C15H24ClN3O4S. The zero-order valence-corrected chi connectivity index (χ0v) is 15.5. The van der Waals surface area contributed by atoms with Gasteiger partial charge in [-0.2, -0.15) is 4.31 Å². The summed E-state index contributed by atoms with van der Waals surface area (Å²) in [6.07, 6.45) is 2.22. The molecule has 24 heavy (non-hydrogen) atoms. The number of halogens is 1. The Labute approximate surface area is 149 Å². The van der Waals surface area contributed by atoms with E-state index in [1.165, 1.54) is 22.5 Å². The number of non-ortho nitro benzene ring substituents is 1. The molecule has 0 saturated carbocycles. The van der Waals surface area contributed by atoms with Crippen LogP contribution in [0.4, 0.5) is 5.69 Å². The highest BCUT2D eigenvalue weighted by Crippen LogP contribution is 2.28. The monoisotopic (exact) mass is 377 g/mol. The third-order valence-corrected chi connectivity index (χ3v) is 6.22. The number of rotatable bonds is 6. The van der Waals surface area contributed by atoms with Crippen LogP contribution in [-0.4, -0.2) is 43.3 Å². The Morgan fingerprint density at radius 1 is 1.33 bits per heavy atom. The second-order valence-electron chi connectivity index (χ2n) is 5.80. The lowest BCUT2D eigenvalue weighted by molar-refractivity contribution is -0.385. The van der Waals surface area contributed by atoms with Gasteiger partial charge in [-0.3, -0.25) is 10.1 Å². The second kappa shape index (κ2) is 8.75. The van der Waals surface area contributed by atoms with Crippen molar-refractivity contribution in [3.63, 3.8) is 0 Å². The largest absolute Gasteiger partial charge is 0.317 e. The molecule has 0 bridgehead atoms. The number of nitro benzene ring substituents is 1. The molecule has 0 atom stereocenters. The van der Waals surface area contributed by atoms with Crippen LogP contribution >= 0.6 is 12.4 Å². The molecule has 1 fully saturated rings. The van der Waals surface area contributed by atoms with Gasteiger partial charge in [0.25, 0.3) is 5.69 Å².